The number of rotatable bonds is 5. The van der Waals surface area contributed by atoms with Crippen LogP contribution in [0.25, 0.3) is 10.9 Å². The quantitative estimate of drug-likeness (QED) is 0.721. The summed E-state index contributed by atoms with van der Waals surface area (Å²) < 4.78 is 0. The predicted molar refractivity (Wildman–Crippen MR) is 103 cm³/mol. The lowest BCUT2D eigenvalue weighted by Crippen LogP contribution is -2.39. The summed E-state index contributed by atoms with van der Waals surface area (Å²) in [6, 6.07) is 9.21. The monoisotopic (exact) mass is 363 g/mol. The van der Waals surface area contributed by atoms with Gasteiger partial charge in [-0.1, -0.05) is 20.8 Å². The van der Waals surface area contributed by atoms with Crippen LogP contribution in [-0.4, -0.2) is 39.2 Å². The number of carbonyl (C=O) groups excluding carboxylic acids is 1. The lowest BCUT2D eigenvalue weighted by atomic mass is 9.96. The average molecular weight is 363 g/mol. The number of nitrogens with zero attached hydrogens (tertiary/aromatic N) is 5. The van der Waals surface area contributed by atoms with E-state index in [0.29, 0.717) is 18.1 Å². The minimum Gasteiger partial charge on any atom is -0.347 e. The Hall–Kier alpha value is -3.47. The van der Waals surface area contributed by atoms with Crippen molar-refractivity contribution in [3.63, 3.8) is 0 Å². The van der Waals surface area contributed by atoms with Gasteiger partial charge in [-0.3, -0.25) is 9.89 Å². The van der Waals surface area contributed by atoms with Crippen molar-refractivity contribution in [1.82, 2.24) is 20.2 Å². The van der Waals surface area contributed by atoms with Gasteiger partial charge in [0.2, 0.25) is 11.7 Å². The van der Waals surface area contributed by atoms with E-state index in [4.69, 9.17) is 5.26 Å². The maximum atomic E-state index is 12.6. The Morgan fingerprint density at radius 3 is 2.89 bits per heavy atom. The molecule has 8 heteroatoms. The molecule has 0 aliphatic heterocycles. The van der Waals surface area contributed by atoms with Crippen molar-refractivity contribution in [2.45, 2.75) is 20.8 Å². The van der Waals surface area contributed by atoms with Crippen LogP contribution in [0.3, 0.4) is 0 Å². The van der Waals surface area contributed by atoms with Crippen molar-refractivity contribution in [3.05, 3.63) is 42.5 Å². The van der Waals surface area contributed by atoms with Gasteiger partial charge in [0.05, 0.1) is 18.3 Å². The molecule has 27 heavy (non-hydrogen) atoms. The molecule has 8 nitrogen and oxygen atoms in total. The average Bonchev–Trinajstić information content (AvgIpc) is 3.07. The Kier molecular flexibility index (Phi) is 5.03. The standard InChI is InChI=1S/C19H21N7O/c1-19(2,3)12-26(17-6-7-21-16(9-20)24-17)11-18(27)23-14-5-4-13-10-22-25-15(13)8-14/h4-8,10H,11-12H2,1-3H3,(H,22,25)(H,23,27). The SMILES string of the molecule is CC(C)(C)CN(CC(=O)Nc1ccc2cn[nH]c2c1)c1ccnc(C#N)n1. The van der Waals surface area contributed by atoms with Crippen LogP contribution >= 0.6 is 0 Å². The predicted octanol–water partition coefficient (Wildman–Crippen LogP) is 2.72. The second-order valence-electron chi connectivity index (χ2n) is 7.49. The number of hydrogen-bond acceptors (Lipinski definition) is 6. The smallest absolute Gasteiger partial charge is 0.243 e. The second-order valence-corrected chi connectivity index (χ2v) is 7.49. The van der Waals surface area contributed by atoms with Gasteiger partial charge in [0.25, 0.3) is 0 Å². The minimum atomic E-state index is -0.171. The Bertz CT molecular complexity index is 997. The number of amides is 1. The number of fused-ring (bicyclic) bond motifs is 1. The summed E-state index contributed by atoms with van der Waals surface area (Å²) in [5.41, 5.74) is 1.48. The highest BCUT2D eigenvalue weighted by atomic mass is 16.2. The van der Waals surface area contributed by atoms with E-state index in [1.54, 1.807) is 12.3 Å². The van der Waals surface area contributed by atoms with Crippen LogP contribution in [-0.2, 0) is 4.79 Å². The van der Waals surface area contributed by atoms with Crippen molar-refractivity contribution >= 4 is 28.3 Å². The first-order chi connectivity index (χ1) is 12.8. The van der Waals surface area contributed by atoms with E-state index in [1.165, 1.54) is 6.20 Å². The molecule has 1 aromatic carbocycles. The Labute approximate surface area is 157 Å². The van der Waals surface area contributed by atoms with E-state index in [0.717, 1.165) is 10.9 Å². The third-order valence-corrected chi connectivity index (χ3v) is 3.79. The molecule has 138 valence electrons. The van der Waals surface area contributed by atoms with Gasteiger partial charge in [-0.15, -0.1) is 0 Å². The van der Waals surface area contributed by atoms with Crippen molar-refractivity contribution in [2.24, 2.45) is 5.41 Å². The first-order valence-electron chi connectivity index (χ1n) is 8.55. The fraction of sp³-hybridized carbons (Fsp3) is 0.316. The normalized spacial score (nSPS) is 11.2. The van der Waals surface area contributed by atoms with Crippen molar-refractivity contribution in [2.75, 3.05) is 23.3 Å². The van der Waals surface area contributed by atoms with Gasteiger partial charge < -0.3 is 10.2 Å². The zero-order valence-corrected chi connectivity index (χ0v) is 15.5. The van der Waals surface area contributed by atoms with E-state index in [1.807, 2.05) is 29.2 Å². The molecule has 0 aliphatic carbocycles. The van der Waals surface area contributed by atoms with Gasteiger partial charge in [-0.05, 0) is 29.7 Å². The molecule has 0 bridgehead atoms. The van der Waals surface area contributed by atoms with Gasteiger partial charge >= 0.3 is 0 Å². The minimum absolute atomic E-state index is 0.0626. The fourth-order valence-corrected chi connectivity index (χ4v) is 2.76. The molecule has 0 saturated heterocycles. The summed E-state index contributed by atoms with van der Waals surface area (Å²) in [4.78, 5) is 22.6. The topological polar surface area (TPSA) is 111 Å². The fourth-order valence-electron chi connectivity index (χ4n) is 2.76. The zero-order chi connectivity index (χ0) is 19.4. The second kappa shape index (κ2) is 7.41. The van der Waals surface area contributed by atoms with E-state index < -0.39 is 0 Å². The van der Waals surface area contributed by atoms with E-state index >= 15 is 0 Å². The molecule has 2 N–H and O–H groups in total. The van der Waals surface area contributed by atoms with Crippen molar-refractivity contribution in [3.8, 4) is 6.07 Å². The van der Waals surface area contributed by atoms with Crippen LogP contribution in [0.15, 0.2) is 36.7 Å². The number of carbonyl (C=O) groups is 1. The number of H-pyrrole nitrogens is 1. The summed E-state index contributed by atoms with van der Waals surface area (Å²) in [7, 11) is 0. The lowest BCUT2D eigenvalue weighted by Gasteiger charge is -2.30. The van der Waals surface area contributed by atoms with Crippen LogP contribution in [0.5, 0.6) is 0 Å². The van der Waals surface area contributed by atoms with Crippen LogP contribution in [0.4, 0.5) is 11.5 Å². The Morgan fingerprint density at radius 1 is 1.33 bits per heavy atom. The van der Waals surface area contributed by atoms with Crippen LogP contribution in [0.2, 0.25) is 0 Å². The summed E-state index contributed by atoms with van der Waals surface area (Å²) >= 11 is 0. The van der Waals surface area contributed by atoms with Crippen LogP contribution in [0.1, 0.15) is 26.6 Å². The molecule has 0 radical (unpaired) electrons. The maximum absolute atomic E-state index is 12.6. The number of anilines is 2. The van der Waals surface area contributed by atoms with Gasteiger partial charge in [0.1, 0.15) is 11.9 Å². The largest absolute Gasteiger partial charge is 0.347 e. The molecule has 1 amide bonds. The molecule has 0 spiro atoms. The highest BCUT2D eigenvalue weighted by Crippen LogP contribution is 2.21. The van der Waals surface area contributed by atoms with E-state index in [-0.39, 0.29) is 23.7 Å². The Balaban J connectivity index is 1.77. The summed E-state index contributed by atoms with van der Waals surface area (Å²) in [5, 5.41) is 19.8. The first-order valence-corrected chi connectivity index (χ1v) is 8.55. The molecule has 0 unspecified atom stereocenters. The van der Waals surface area contributed by atoms with Crippen molar-refractivity contribution < 1.29 is 4.79 Å². The third kappa shape index (κ3) is 4.79. The first kappa shape index (κ1) is 18.3. The molecular formula is C19H21N7O. The zero-order valence-electron chi connectivity index (χ0n) is 15.5. The molecule has 2 aromatic heterocycles. The number of nitrogens with one attached hydrogen (secondary N) is 2. The summed E-state index contributed by atoms with van der Waals surface area (Å²) in [6.45, 7) is 6.95. The van der Waals surface area contributed by atoms with E-state index in [9.17, 15) is 4.79 Å². The summed E-state index contributed by atoms with van der Waals surface area (Å²) in [6.07, 6.45) is 3.26. The molecule has 2 heterocycles. The molecule has 0 fully saturated rings. The lowest BCUT2D eigenvalue weighted by molar-refractivity contribution is -0.115. The Morgan fingerprint density at radius 2 is 2.15 bits per heavy atom. The molecule has 0 saturated carbocycles. The van der Waals surface area contributed by atoms with Gasteiger partial charge in [0.15, 0.2) is 0 Å². The highest BCUT2D eigenvalue weighted by molar-refractivity contribution is 5.95. The molecule has 0 aliphatic rings. The molecule has 0 atom stereocenters. The number of hydrogen-bond donors (Lipinski definition) is 2. The third-order valence-electron chi connectivity index (χ3n) is 3.79. The molecule has 3 aromatic rings. The van der Waals surface area contributed by atoms with Crippen molar-refractivity contribution in [1.29, 1.82) is 5.26 Å². The highest BCUT2D eigenvalue weighted by Gasteiger charge is 2.21. The molecule has 3 rings (SSSR count). The maximum Gasteiger partial charge on any atom is 0.243 e. The van der Waals surface area contributed by atoms with Crippen LogP contribution in [0, 0.1) is 16.7 Å². The molecular weight excluding hydrogens is 342 g/mol. The number of aromatic amines is 1. The van der Waals surface area contributed by atoms with Crippen LogP contribution < -0.4 is 10.2 Å². The van der Waals surface area contributed by atoms with Gasteiger partial charge in [-0.2, -0.15) is 10.4 Å². The number of aromatic nitrogens is 4. The number of benzene rings is 1. The number of nitriles is 1. The summed E-state index contributed by atoms with van der Waals surface area (Å²) in [5.74, 6) is 0.461. The van der Waals surface area contributed by atoms with Gasteiger partial charge in [-0.25, -0.2) is 9.97 Å². The van der Waals surface area contributed by atoms with Gasteiger partial charge in [0, 0.05) is 23.8 Å². The van der Waals surface area contributed by atoms with E-state index in [2.05, 4.69) is 46.3 Å².